The first-order chi connectivity index (χ1) is 7.70. The molecule has 86 valence electrons. The molecule has 1 N–H and O–H groups in total. The van der Waals surface area contributed by atoms with Crippen LogP contribution in [0.1, 0.15) is 18.1 Å². The number of hydrogen-bond acceptors (Lipinski definition) is 3. The van der Waals surface area contributed by atoms with Gasteiger partial charge in [-0.2, -0.15) is 0 Å². The van der Waals surface area contributed by atoms with Crippen LogP contribution in [0.5, 0.6) is 0 Å². The van der Waals surface area contributed by atoms with E-state index in [1.807, 2.05) is 25.1 Å². The van der Waals surface area contributed by atoms with Crippen LogP contribution < -0.4 is 5.32 Å². The molecule has 1 aliphatic rings. The van der Waals surface area contributed by atoms with Crippen molar-refractivity contribution in [2.45, 2.75) is 25.9 Å². The molecule has 1 aliphatic heterocycles. The van der Waals surface area contributed by atoms with Crippen LogP contribution in [-0.4, -0.2) is 18.6 Å². The van der Waals surface area contributed by atoms with Crippen molar-refractivity contribution in [3.63, 3.8) is 0 Å². The Morgan fingerprint density at radius 1 is 1.56 bits per heavy atom. The lowest BCUT2D eigenvalue weighted by Gasteiger charge is -2.24. The molecule has 1 atom stereocenters. The Morgan fingerprint density at radius 3 is 3.12 bits per heavy atom. The van der Waals surface area contributed by atoms with Crippen LogP contribution in [0.25, 0.3) is 0 Å². The standard InChI is InChI=1S/C12H14ClNO2/c1-2-16-12(15)11-6-8-3-4-10(13)5-9(8)7-14-11/h3-5,11,14H,2,6-7H2,1H3/t11-/m1/s1. The Morgan fingerprint density at radius 2 is 2.38 bits per heavy atom. The third-order valence-electron chi connectivity index (χ3n) is 2.70. The first-order valence-electron chi connectivity index (χ1n) is 5.38. The highest BCUT2D eigenvalue weighted by Crippen LogP contribution is 2.21. The van der Waals surface area contributed by atoms with Gasteiger partial charge in [0.05, 0.1) is 6.61 Å². The summed E-state index contributed by atoms with van der Waals surface area (Å²) in [6, 6.07) is 5.54. The largest absolute Gasteiger partial charge is 0.465 e. The second-order valence-corrected chi connectivity index (χ2v) is 4.24. The smallest absolute Gasteiger partial charge is 0.323 e. The number of ether oxygens (including phenoxy) is 1. The van der Waals surface area contributed by atoms with E-state index in [0.29, 0.717) is 19.6 Å². The van der Waals surface area contributed by atoms with Crippen molar-refractivity contribution in [1.82, 2.24) is 5.32 Å². The van der Waals surface area contributed by atoms with Gasteiger partial charge in [-0.15, -0.1) is 0 Å². The molecule has 0 bridgehead atoms. The van der Waals surface area contributed by atoms with Crippen LogP contribution in [0, 0.1) is 0 Å². The Balaban J connectivity index is 2.12. The highest BCUT2D eigenvalue weighted by Gasteiger charge is 2.24. The Kier molecular flexibility index (Phi) is 3.46. The molecule has 0 aromatic heterocycles. The second kappa shape index (κ2) is 4.85. The first kappa shape index (κ1) is 11.4. The minimum atomic E-state index is -0.228. The second-order valence-electron chi connectivity index (χ2n) is 3.80. The summed E-state index contributed by atoms with van der Waals surface area (Å²) in [4.78, 5) is 11.6. The molecule has 16 heavy (non-hydrogen) atoms. The normalized spacial score (nSPS) is 19.0. The molecule has 0 spiro atoms. The maximum atomic E-state index is 11.6. The van der Waals surface area contributed by atoms with E-state index in [0.717, 1.165) is 10.6 Å². The molecular formula is C12H14ClNO2. The average Bonchev–Trinajstić information content (AvgIpc) is 2.28. The van der Waals surface area contributed by atoms with Crippen LogP contribution in [-0.2, 0) is 22.5 Å². The molecule has 0 fully saturated rings. The third-order valence-corrected chi connectivity index (χ3v) is 2.94. The summed E-state index contributed by atoms with van der Waals surface area (Å²) in [7, 11) is 0. The predicted molar refractivity (Wildman–Crippen MR) is 62.4 cm³/mol. The summed E-state index contributed by atoms with van der Waals surface area (Å²) in [5, 5.41) is 3.89. The van der Waals surface area contributed by atoms with E-state index in [-0.39, 0.29) is 12.0 Å². The fourth-order valence-corrected chi connectivity index (χ4v) is 2.09. The van der Waals surface area contributed by atoms with Crippen LogP contribution in [0.15, 0.2) is 18.2 Å². The molecule has 1 aromatic rings. The molecule has 1 heterocycles. The number of halogens is 1. The number of esters is 1. The summed E-state index contributed by atoms with van der Waals surface area (Å²) in [6.45, 7) is 2.90. The highest BCUT2D eigenvalue weighted by atomic mass is 35.5. The zero-order chi connectivity index (χ0) is 11.5. The molecule has 2 rings (SSSR count). The van der Waals surface area contributed by atoms with Crippen molar-refractivity contribution in [2.24, 2.45) is 0 Å². The summed E-state index contributed by atoms with van der Waals surface area (Å²) < 4.78 is 4.99. The zero-order valence-electron chi connectivity index (χ0n) is 9.13. The molecule has 0 saturated heterocycles. The predicted octanol–water partition coefficient (Wildman–Crippen LogP) is 1.92. The topological polar surface area (TPSA) is 38.3 Å². The highest BCUT2D eigenvalue weighted by molar-refractivity contribution is 6.30. The van der Waals surface area contributed by atoms with Crippen molar-refractivity contribution in [3.05, 3.63) is 34.3 Å². The fourth-order valence-electron chi connectivity index (χ4n) is 1.89. The molecule has 4 heteroatoms. The minimum Gasteiger partial charge on any atom is -0.465 e. The Labute approximate surface area is 99.7 Å². The van der Waals surface area contributed by atoms with Gasteiger partial charge in [0.2, 0.25) is 0 Å². The number of nitrogens with one attached hydrogen (secondary N) is 1. The van der Waals surface area contributed by atoms with E-state index < -0.39 is 0 Å². The summed E-state index contributed by atoms with van der Waals surface area (Å²) in [6.07, 6.45) is 0.672. The number of carbonyl (C=O) groups excluding carboxylic acids is 1. The monoisotopic (exact) mass is 239 g/mol. The van der Waals surface area contributed by atoms with Gasteiger partial charge in [0, 0.05) is 11.6 Å². The van der Waals surface area contributed by atoms with Crippen LogP contribution in [0.4, 0.5) is 0 Å². The van der Waals surface area contributed by atoms with Gasteiger partial charge in [-0.25, -0.2) is 0 Å². The van der Waals surface area contributed by atoms with Crippen molar-refractivity contribution in [3.8, 4) is 0 Å². The van der Waals surface area contributed by atoms with Crippen LogP contribution in [0.3, 0.4) is 0 Å². The van der Waals surface area contributed by atoms with Gasteiger partial charge in [0.1, 0.15) is 6.04 Å². The average molecular weight is 240 g/mol. The van der Waals surface area contributed by atoms with E-state index >= 15 is 0 Å². The molecule has 0 radical (unpaired) electrons. The van der Waals surface area contributed by atoms with Crippen molar-refractivity contribution >= 4 is 17.6 Å². The number of benzene rings is 1. The summed E-state index contributed by atoms with van der Waals surface area (Å²) >= 11 is 5.91. The molecule has 3 nitrogen and oxygen atoms in total. The van der Waals surface area contributed by atoms with Gasteiger partial charge in [0.15, 0.2) is 0 Å². The Hall–Kier alpha value is -1.06. The van der Waals surface area contributed by atoms with Crippen LogP contribution in [0.2, 0.25) is 5.02 Å². The zero-order valence-corrected chi connectivity index (χ0v) is 9.88. The SMILES string of the molecule is CCOC(=O)[C@H]1Cc2ccc(Cl)cc2CN1. The molecule has 0 aliphatic carbocycles. The minimum absolute atomic E-state index is 0.178. The van der Waals surface area contributed by atoms with E-state index in [9.17, 15) is 4.79 Å². The van der Waals surface area contributed by atoms with Crippen LogP contribution >= 0.6 is 11.6 Å². The first-order valence-corrected chi connectivity index (χ1v) is 5.76. The van der Waals surface area contributed by atoms with Gasteiger partial charge >= 0.3 is 5.97 Å². The molecule has 0 saturated carbocycles. The lowest BCUT2D eigenvalue weighted by molar-refractivity contribution is -0.145. The van der Waals surface area contributed by atoms with E-state index in [4.69, 9.17) is 16.3 Å². The van der Waals surface area contributed by atoms with Gasteiger partial charge in [-0.05, 0) is 36.6 Å². The summed E-state index contributed by atoms with van der Waals surface area (Å²) in [5.41, 5.74) is 2.33. The van der Waals surface area contributed by atoms with Gasteiger partial charge in [-0.3, -0.25) is 4.79 Å². The Bertz CT molecular complexity index is 406. The lowest BCUT2D eigenvalue weighted by Crippen LogP contribution is -2.42. The molecule has 0 amide bonds. The number of hydrogen-bond donors (Lipinski definition) is 1. The molecular weight excluding hydrogens is 226 g/mol. The number of carbonyl (C=O) groups is 1. The summed E-state index contributed by atoms with van der Waals surface area (Å²) in [5.74, 6) is -0.178. The van der Waals surface area contributed by atoms with Crippen molar-refractivity contribution < 1.29 is 9.53 Å². The van der Waals surface area contributed by atoms with Crippen molar-refractivity contribution in [1.29, 1.82) is 0 Å². The number of fused-ring (bicyclic) bond motifs is 1. The molecule has 1 aromatic carbocycles. The maximum Gasteiger partial charge on any atom is 0.323 e. The number of rotatable bonds is 2. The van der Waals surface area contributed by atoms with Gasteiger partial charge in [0.25, 0.3) is 0 Å². The van der Waals surface area contributed by atoms with E-state index in [1.54, 1.807) is 0 Å². The third kappa shape index (κ3) is 2.36. The van der Waals surface area contributed by atoms with Gasteiger partial charge in [-0.1, -0.05) is 17.7 Å². The van der Waals surface area contributed by atoms with Crippen molar-refractivity contribution in [2.75, 3.05) is 6.61 Å². The van der Waals surface area contributed by atoms with E-state index in [1.165, 1.54) is 5.56 Å². The molecule has 0 unspecified atom stereocenters. The van der Waals surface area contributed by atoms with E-state index in [2.05, 4.69) is 5.32 Å². The van der Waals surface area contributed by atoms with Gasteiger partial charge < -0.3 is 10.1 Å². The maximum absolute atomic E-state index is 11.6. The fraction of sp³-hybridized carbons (Fsp3) is 0.417. The lowest BCUT2D eigenvalue weighted by atomic mass is 9.96. The quantitative estimate of drug-likeness (QED) is 0.802.